The molecule has 0 unspecified atom stereocenters. The van der Waals surface area contributed by atoms with Gasteiger partial charge in [0.2, 0.25) is 0 Å². The number of aromatic nitrogens is 3. The quantitative estimate of drug-likeness (QED) is 0.734. The molecule has 0 saturated carbocycles. The maximum absolute atomic E-state index is 12.7. The SMILES string of the molecule is CC(C)Cn1cc(C(=O)Nc2c(Cl)cncc2Cl)c2cccnc21. The number of pyridine rings is 2. The summed E-state index contributed by atoms with van der Waals surface area (Å²) in [5, 5.41) is 4.14. The van der Waals surface area contributed by atoms with Crippen LogP contribution < -0.4 is 5.32 Å². The second-order valence-corrected chi connectivity index (χ2v) is 6.71. The number of fused-ring (bicyclic) bond motifs is 1. The summed E-state index contributed by atoms with van der Waals surface area (Å²) in [4.78, 5) is 21.0. The van der Waals surface area contributed by atoms with Crippen LogP contribution in [0.1, 0.15) is 24.2 Å². The van der Waals surface area contributed by atoms with Crippen LogP contribution in [0.15, 0.2) is 36.9 Å². The molecule has 3 aromatic rings. The minimum Gasteiger partial charge on any atom is -0.331 e. The highest BCUT2D eigenvalue weighted by Crippen LogP contribution is 2.30. The maximum Gasteiger partial charge on any atom is 0.257 e. The highest BCUT2D eigenvalue weighted by atomic mass is 35.5. The predicted octanol–water partition coefficient (Wildman–Crippen LogP) is 4.65. The van der Waals surface area contributed by atoms with E-state index in [0.717, 1.165) is 17.6 Å². The molecule has 0 aliphatic rings. The van der Waals surface area contributed by atoms with Crippen LogP contribution in [-0.2, 0) is 6.54 Å². The molecule has 1 amide bonds. The van der Waals surface area contributed by atoms with Gasteiger partial charge in [-0.1, -0.05) is 37.0 Å². The van der Waals surface area contributed by atoms with Gasteiger partial charge in [-0.05, 0) is 18.1 Å². The third kappa shape index (κ3) is 3.23. The van der Waals surface area contributed by atoms with E-state index in [0.29, 0.717) is 27.2 Å². The van der Waals surface area contributed by atoms with Gasteiger partial charge >= 0.3 is 0 Å². The monoisotopic (exact) mass is 362 g/mol. The van der Waals surface area contributed by atoms with Gasteiger partial charge in [-0.3, -0.25) is 9.78 Å². The highest BCUT2D eigenvalue weighted by molar-refractivity contribution is 6.39. The van der Waals surface area contributed by atoms with Gasteiger partial charge in [0.25, 0.3) is 5.91 Å². The number of hydrogen-bond donors (Lipinski definition) is 1. The summed E-state index contributed by atoms with van der Waals surface area (Å²) in [7, 11) is 0. The fourth-order valence-corrected chi connectivity index (χ4v) is 3.01. The molecule has 1 N–H and O–H groups in total. The first-order valence-electron chi connectivity index (χ1n) is 7.51. The largest absolute Gasteiger partial charge is 0.331 e. The van der Waals surface area contributed by atoms with Crippen molar-refractivity contribution in [1.29, 1.82) is 0 Å². The van der Waals surface area contributed by atoms with E-state index in [2.05, 4.69) is 29.1 Å². The van der Waals surface area contributed by atoms with Gasteiger partial charge in [0.15, 0.2) is 0 Å². The summed E-state index contributed by atoms with van der Waals surface area (Å²) in [5.74, 6) is 0.146. The van der Waals surface area contributed by atoms with E-state index in [1.165, 1.54) is 12.4 Å². The Bertz CT molecular complexity index is 884. The predicted molar refractivity (Wildman–Crippen MR) is 96.8 cm³/mol. The Morgan fingerprint density at radius 2 is 2.00 bits per heavy atom. The fraction of sp³-hybridized carbons (Fsp3) is 0.235. The number of rotatable bonds is 4. The van der Waals surface area contributed by atoms with Gasteiger partial charge in [0.1, 0.15) is 5.65 Å². The topological polar surface area (TPSA) is 59.8 Å². The highest BCUT2D eigenvalue weighted by Gasteiger charge is 2.18. The van der Waals surface area contributed by atoms with E-state index in [9.17, 15) is 4.79 Å². The average molecular weight is 363 g/mol. The molecule has 3 rings (SSSR count). The second-order valence-electron chi connectivity index (χ2n) is 5.90. The van der Waals surface area contributed by atoms with Crippen molar-refractivity contribution in [3.8, 4) is 0 Å². The van der Waals surface area contributed by atoms with Crippen LogP contribution in [0.3, 0.4) is 0 Å². The normalized spacial score (nSPS) is 11.2. The minimum absolute atomic E-state index is 0.287. The van der Waals surface area contributed by atoms with Crippen LogP contribution in [0, 0.1) is 5.92 Å². The standard InChI is InChI=1S/C17H16Cl2N4O/c1-10(2)8-23-9-12(11-4-3-5-21-16(11)23)17(24)22-15-13(18)6-20-7-14(15)19/h3-7,9-10H,8H2,1-2H3,(H,20,22,24). The lowest BCUT2D eigenvalue weighted by Crippen LogP contribution is -2.12. The van der Waals surface area contributed by atoms with E-state index >= 15 is 0 Å². The number of halogens is 2. The third-order valence-electron chi connectivity index (χ3n) is 3.53. The van der Waals surface area contributed by atoms with Gasteiger partial charge < -0.3 is 9.88 Å². The molecule has 3 heterocycles. The molecule has 0 spiro atoms. The van der Waals surface area contributed by atoms with Gasteiger partial charge in [0, 0.05) is 36.7 Å². The van der Waals surface area contributed by atoms with Crippen molar-refractivity contribution in [1.82, 2.24) is 14.5 Å². The van der Waals surface area contributed by atoms with Crippen LogP contribution in [0.4, 0.5) is 5.69 Å². The summed E-state index contributed by atoms with van der Waals surface area (Å²) in [6.45, 7) is 5.01. The number of anilines is 1. The van der Waals surface area contributed by atoms with Crippen LogP contribution >= 0.6 is 23.2 Å². The smallest absolute Gasteiger partial charge is 0.257 e. The zero-order chi connectivity index (χ0) is 17.3. The number of carbonyl (C=O) groups is 1. The molecule has 0 bridgehead atoms. The first kappa shape index (κ1) is 16.7. The Morgan fingerprint density at radius 1 is 1.29 bits per heavy atom. The molecule has 0 aromatic carbocycles. The Labute approximate surface area is 149 Å². The zero-order valence-electron chi connectivity index (χ0n) is 13.3. The van der Waals surface area contributed by atoms with Crippen LogP contribution in [0.2, 0.25) is 10.0 Å². The minimum atomic E-state index is -0.287. The molecule has 0 aliphatic carbocycles. The summed E-state index contributed by atoms with van der Waals surface area (Å²) < 4.78 is 1.99. The molecule has 124 valence electrons. The average Bonchev–Trinajstić information content (AvgIpc) is 2.89. The van der Waals surface area contributed by atoms with Crippen LogP contribution in [-0.4, -0.2) is 20.4 Å². The summed E-state index contributed by atoms with van der Waals surface area (Å²) in [6.07, 6.45) is 6.41. The summed E-state index contributed by atoms with van der Waals surface area (Å²) in [5.41, 5.74) is 1.66. The molecular formula is C17H16Cl2N4O. The van der Waals surface area contributed by atoms with Gasteiger partial charge in [-0.2, -0.15) is 0 Å². The Kier molecular flexibility index (Phi) is 4.73. The molecule has 0 radical (unpaired) electrons. The summed E-state index contributed by atoms with van der Waals surface area (Å²) >= 11 is 12.1. The lowest BCUT2D eigenvalue weighted by Gasteiger charge is -2.08. The van der Waals surface area contributed by atoms with Crippen molar-refractivity contribution >= 4 is 45.8 Å². The van der Waals surface area contributed by atoms with E-state index in [-0.39, 0.29) is 5.91 Å². The first-order valence-corrected chi connectivity index (χ1v) is 8.27. The maximum atomic E-state index is 12.7. The van der Waals surface area contributed by atoms with E-state index < -0.39 is 0 Å². The second kappa shape index (κ2) is 6.79. The van der Waals surface area contributed by atoms with Crippen molar-refractivity contribution in [2.45, 2.75) is 20.4 Å². The van der Waals surface area contributed by atoms with Crippen molar-refractivity contribution in [2.75, 3.05) is 5.32 Å². The molecular weight excluding hydrogens is 347 g/mol. The number of carbonyl (C=O) groups excluding carboxylic acids is 1. The molecule has 3 aromatic heterocycles. The number of hydrogen-bond acceptors (Lipinski definition) is 3. The fourth-order valence-electron chi connectivity index (χ4n) is 2.55. The number of amides is 1. The molecule has 0 saturated heterocycles. The van der Waals surface area contributed by atoms with Crippen LogP contribution in [0.5, 0.6) is 0 Å². The van der Waals surface area contributed by atoms with E-state index in [1.807, 2.05) is 22.9 Å². The zero-order valence-corrected chi connectivity index (χ0v) is 14.8. The van der Waals surface area contributed by atoms with Crippen LogP contribution in [0.25, 0.3) is 11.0 Å². The van der Waals surface area contributed by atoms with Gasteiger partial charge in [-0.25, -0.2) is 4.98 Å². The number of nitrogens with zero attached hydrogens (tertiary/aromatic N) is 3. The van der Waals surface area contributed by atoms with Crippen molar-refractivity contribution in [2.24, 2.45) is 5.92 Å². The third-order valence-corrected chi connectivity index (χ3v) is 4.11. The van der Waals surface area contributed by atoms with E-state index in [4.69, 9.17) is 23.2 Å². The molecule has 0 atom stereocenters. The van der Waals surface area contributed by atoms with E-state index in [1.54, 1.807) is 6.20 Å². The van der Waals surface area contributed by atoms with Crippen molar-refractivity contribution in [3.05, 3.63) is 52.5 Å². The molecule has 5 nitrogen and oxygen atoms in total. The molecule has 0 fully saturated rings. The molecule has 0 aliphatic heterocycles. The number of nitrogens with one attached hydrogen (secondary N) is 1. The molecule has 24 heavy (non-hydrogen) atoms. The Hall–Kier alpha value is -2.11. The van der Waals surface area contributed by atoms with Crippen molar-refractivity contribution in [3.63, 3.8) is 0 Å². The lowest BCUT2D eigenvalue weighted by atomic mass is 10.2. The van der Waals surface area contributed by atoms with Gasteiger partial charge in [-0.15, -0.1) is 0 Å². The lowest BCUT2D eigenvalue weighted by molar-refractivity contribution is 0.102. The summed E-state index contributed by atoms with van der Waals surface area (Å²) in [6, 6.07) is 3.69. The Morgan fingerprint density at radius 3 is 2.67 bits per heavy atom. The molecule has 7 heteroatoms. The van der Waals surface area contributed by atoms with Crippen molar-refractivity contribution < 1.29 is 4.79 Å². The Balaban J connectivity index is 2.01. The first-order chi connectivity index (χ1) is 11.5. The van der Waals surface area contributed by atoms with Gasteiger partial charge in [0.05, 0.1) is 21.3 Å².